The van der Waals surface area contributed by atoms with E-state index in [-0.39, 0.29) is 5.57 Å². The first kappa shape index (κ1) is 28.1. The molecule has 0 saturated carbocycles. The third-order valence-corrected chi connectivity index (χ3v) is 6.04. The largest absolute Gasteiger partial charge is 0.478 e. The minimum Gasteiger partial charge on any atom is -0.478 e. The van der Waals surface area contributed by atoms with Crippen molar-refractivity contribution >= 4 is 5.97 Å². The summed E-state index contributed by atoms with van der Waals surface area (Å²) in [6.45, 7) is 6.03. The molecule has 0 amide bonds. The van der Waals surface area contributed by atoms with Crippen molar-refractivity contribution < 1.29 is 14.3 Å². The van der Waals surface area contributed by atoms with Gasteiger partial charge in [-0.05, 0) is 31.8 Å². The summed E-state index contributed by atoms with van der Waals surface area (Å²) >= 11 is 0. The third-order valence-electron chi connectivity index (χ3n) is 6.04. The highest BCUT2D eigenvalue weighted by Crippen LogP contribution is 2.25. The Morgan fingerprint density at radius 3 is 1.48 bits per heavy atom. The molecule has 0 bridgehead atoms. The van der Waals surface area contributed by atoms with Crippen molar-refractivity contribution in [3.63, 3.8) is 0 Å². The molecule has 1 atom stereocenters. The van der Waals surface area contributed by atoms with Gasteiger partial charge < -0.3 is 5.11 Å². The summed E-state index contributed by atoms with van der Waals surface area (Å²) in [5.41, 5.74) is 0.777. The van der Waals surface area contributed by atoms with Crippen molar-refractivity contribution in [1.29, 1.82) is 0 Å². The molecule has 1 unspecified atom stereocenters. The lowest BCUT2D eigenvalue weighted by molar-refractivity contribution is -0.132. The van der Waals surface area contributed by atoms with E-state index in [1.807, 2.05) is 0 Å². The predicted octanol–water partition coefficient (Wildman–Crippen LogP) is 9.18. The van der Waals surface area contributed by atoms with Crippen LogP contribution in [0, 0.1) is 0 Å². The van der Waals surface area contributed by atoms with Crippen LogP contribution < -0.4 is 0 Å². The molecule has 0 aromatic carbocycles. The average molecular weight is 413 g/mol. The topological polar surface area (TPSA) is 37.3 Å². The second-order valence-electron chi connectivity index (χ2n) is 8.76. The lowest BCUT2D eigenvalue weighted by Gasteiger charge is -2.15. The van der Waals surface area contributed by atoms with Crippen LogP contribution >= 0.6 is 0 Å². The number of carbonyl (C=O) groups is 1. The molecule has 0 fully saturated rings. The zero-order valence-electron chi connectivity index (χ0n) is 19.7. The smallest absolute Gasteiger partial charge is 0.331 e. The number of carboxylic acids is 1. The molecule has 3 heteroatoms. The number of hydrogen-bond acceptors (Lipinski definition) is 1. The van der Waals surface area contributed by atoms with Gasteiger partial charge in [0.1, 0.15) is 6.17 Å². The predicted molar refractivity (Wildman–Crippen MR) is 124 cm³/mol. The molecule has 0 spiro atoms. The summed E-state index contributed by atoms with van der Waals surface area (Å²) in [7, 11) is 0. The highest BCUT2D eigenvalue weighted by atomic mass is 19.1. The van der Waals surface area contributed by atoms with Crippen LogP contribution in [0.1, 0.15) is 143 Å². The van der Waals surface area contributed by atoms with Crippen LogP contribution in [0.3, 0.4) is 0 Å². The number of allylic oxidation sites excluding steroid dienone is 1. The second-order valence-corrected chi connectivity index (χ2v) is 8.76. The lowest BCUT2D eigenvalue weighted by Crippen LogP contribution is -2.12. The molecule has 29 heavy (non-hydrogen) atoms. The van der Waals surface area contributed by atoms with Gasteiger partial charge in [0.05, 0.1) is 0 Å². The van der Waals surface area contributed by atoms with Crippen molar-refractivity contribution in [2.45, 2.75) is 149 Å². The quantitative estimate of drug-likeness (QED) is 0.151. The van der Waals surface area contributed by atoms with Gasteiger partial charge in [-0.15, -0.1) is 0 Å². The SMILES string of the molecule is CCCCCCCCCCCC(F)/C(CCCCCCCCCC)=C(/C)C(=O)O. The Kier molecular flexibility index (Phi) is 19.8. The first-order chi connectivity index (χ1) is 14.0. The molecule has 1 N–H and O–H groups in total. The van der Waals surface area contributed by atoms with Gasteiger partial charge in [0.15, 0.2) is 0 Å². The van der Waals surface area contributed by atoms with Crippen LogP contribution in [0.2, 0.25) is 0 Å². The number of halogens is 1. The summed E-state index contributed by atoms with van der Waals surface area (Å²) < 4.78 is 14.8. The Hall–Kier alpha value is -0.860. The van der Waals surface area contributed by atoms with Gasteiger partial charge >= 0.3 is 5.97 Å². The Morgan fingerprint density at radius 1 is 0.690 bits per heavy atom. The summed E-state index contributed by atoms with van der Waals surface area (Å²) in [6, 6.07) is 0. The molecule has 0 aromatic rings. The van der Waals surface area contributed by atoms with Gasteiger partial charge in [0.25, 0.3) is 0 Å². The maximum Gasteiger partial charge on any atom is 0.331 e. The van der Waals surface area contributed by atoms with E-state index >= 15 is 0 Å². The number of aliphatic carboxylic acids is 1. The van der Waals surface area contributed by atoms with E-state index in [9.17, 15) is 14.3 Å². The van der Waals surface area contributed by atoms with E-state index in [1.165, 1.54) is 83.5 Å². The summed E-state index contributed by atoms with van der Waals surface area (Å²) in [5, 5.41) is 9.33. The highest BCUT2D eigenvalue weighted by molar-refractivity contribution is 5.87. The number of carboxylic acid groups (broad SMARTS) is 1. The Labute approximate surface area is 180 Å². The van der Waals surface area contributed by atoms with E-state index in [4.69, 9.17) is 0 Å². The summed E-state index contributed by atoms with van der Waals surface area (Å²) in [6.07, 6.45) is 20.5. The molecule has 0 rings (SSSR count). The van der Waals surface area contributed by atoms with Gasteiger partial charge in [0, 0.05) is 5.57 Å². The Balaban J connectivity index is 4.06. The van der Waals surface area contributed by atoms with Crippen LogP contribution in [0.4, 0.5) is 4.39 Å². The molecule has 0 aromatic heterocycles. The monoisotopic (exact) mass is 412 g/mol. The highest BCUT2D eigenvalue weighted by Gasteiger charge is 2.18. The lowest BCUT2D eigenvalue weighted by atomic mass is 9.94. The molecule has 0 saturated heterocycles. The van der Waals surface area contributed by atoms with Crippen molar-refractivity contribution in [1.82, 2.24) is 0 Å². The molecule has 0 radical (unpaired) electrons. The van der Waals surface area contributed by atoms with E-state index in [0.29, 0.717) is 18.4 Å². The zero-order chi connectivity index (χ0) is 21.7. The normalized spacial score (nSPS) is 13.4. The minimum atomic E-state index is -1.08. The summed E-state index contributed by atoms with van der Waals surface area (Å²) in [5.74, 6) is -0.964. The van der Waals surface area contributed by atoms with Gasteiger partial charge in [0.2, 0.25) is 0 Å². The van der Waals surface area contributed by atoms with Crippen LogP contribution in [0.25, 0.3) is 0 Å². The fourth-order valence-electron chi connectivity index (χ4n) is 3.97. The molecule has 2 nitrogen and oxygen atoms in total. The standard InChI is InChI=1S/C26H49FO2/c1-4-6-8-10-12-14-16-18-20-22-25(27)24(23(3)26(28)29)21-19-17-15-13-11-9-7-5-2/h25H,4-22H2,1-3H3,(H,28,29)/b24-23-. The molecule has 0 aliphatic carbocycles. The number of alkyl halides is 1. The average Bonchev–Trinajstić information content (AvgIpc) is 2.70. The van der Waals surface area contributed by atoms with E-state index < -0.39 is 12.1 Å². The number of rotatable bonds is 21. The Bertz CT molecular complexity index is 417. The van der Waals surface area contributed by atoms with Gasteiger partial charge in [-0.1, -0.05) is 117 Å². The minimum absolute atomic E-state index is 0.233. The van der Waals surface area contributed by atoms with Crippen molar-refractivity contribution in [2.24, 2.45) is 0 Å². The Morgan fingerprint density at radius 2 is 1.07 bits per heavy atom. The first-order valence-electron chi connectivity index (χ1n) is 12.6. The summed E-state index contributed by atoms with van der Waals surface area (Å²) in [4.78, 5) is 11.4. The maximum atomic E-state index is 14.8. The van der Waals surface area contributed by atoms with E-state index in [2.05, 4.69) is 13.8 Å². The zero-order valence-corrected chi connectivity index (χ0v) is 19.7. The molecular weight excluding hydrogens is 363 g/mol. The molecule has 0 aliphatic rings. The van der Waals surface area contributed by atoms with Crippen molar-refractivity contribution in [2.75, 3.05) is 0 Å². The van der Waals surface area contributed by atoms with Crippen LogP contribution in [0.15, 0.2) is 11.1 Å². The van der Waals surface area contributed by atoms with Gasteiger partial charge in [-0.25, -0.2) is 9.18 Å². The first-order valence-corrected chi connectivity index (χ1v) is 12.6. The maximum absolute atomic E-state index is 14.8. The van der Waals surface area contributed by atoms with Gasteiger partial charge in [-0.3, -0.25) is 0 Å². The number of unbranched alkanes of at least 4 members (excludes halogenated alkanes) is 15. The van der Waals surface area contributed by atoms with Crippen LogP contribution in [-0.4, -0.2) is 17.2 Å². The fourth-order valence-corrected chi connectivity index (χ4v) is 3.97. The van der Waals surface area contributed by atoms with Gasteiger partial charge in [-0.2, -0.15) is 0 Å². The van der Waals surface area contributed by atoms with E-state index in [1.54, 1.807) is 6.92 Å². The van der Waals surface area contributed by atoms with Crippen molar-refractivity contribution in [3.05, 3.63) is 11.1 Å². The number of hydrogen-bond donors (Lipinski definition) is 1. The molecule has 0 heterocycles. The van der Waals surface area contributed by atoms with Crippen LogP contribution in [0.5, 0.6) is 0 Å². The van der Waals surface area contributed by atoms with Crippen LogP contribution in [-0.2, 0) is 4.79 Å². The molecule has 0 aliphatic heterocycles. The van der Waals surface area contributed by atoms with Crippen molar-refractivity contribution in [3.8, 4) is 0 Å². The molecular formula is C26H49FO2. The molecule has 172 valence electrons. The third kappa shape index (κ3) is 16.6. The van der Waals surface area contributed by atoms with E-state index in [0.717, 1.165) is 25.7 Å². The second kappa shape index (κ2) is 20.4. The fraction of sp³-hybridized carbons (Fsp3) is 0.885.